The first-order valence-electron chi connectivity index (χ1n) is 10.6. The first-order valence-corrected chi connectivity index (χ1v) is 12.4. The zero-order chi connectivity index (χ0) is 24.6. The molecule has 1 aromatic heterocycles. The van der Waals surface area contributed by atoms with Gasteiger partial charge in [-0.3, -0.25) is 9.36 Å². The number of carbonyl (C=O) groups is 1. The lowest BCUT2D eigenvalue weighted by Crippen LogP contribution is -2.20. The van der Waals surface area contributed by atoms with E-state index in [0.29, 0.717) is 21.0 Å². The molecule has 9 heteroatoms. The van der Waals surface area contributed by atoms with Gasteiger partial charge in [0.15, 0.2) is 11.0 Å². The van der Waals surface area contributed by atoms with Crippen LogP contribution in [0.1, 0.15) is 12.5 Å². The molecule has 1 heterocycles. The summed E-state index contributed by atoms with van der Waals surface area (Å²) in [6.07, 6.45) is 3.60. The summed E-state index contributed by atoms with van der Waals surface area (Å²) in [4.78, 5) is 12.4. The minimum Gasteiger partial charge on any atom is -0.272 e. The van der Waals surface area contributed by atoms with Crippen molar-refractivity contribution in [1.29, 1.82) is 0 Å². The van der Waals surface area contributed by atoms with Crippen molar-refractivity contribution in [2.24, 2.45) is 5.10 Å². The molecule has 0 fully saturated rings. The van der Waals surface area contributed by atoms with Gasteiger partial charge in [-0.15, -0.1) is 10.2 Å². The second-order valence-electron chi connectivity index (χ2n) is 7.51. The number of benzene rings is 3. The number of nitrogens with one attached hydrogen (secondary N) is 1. The highest BCUT2D eigenvalue weighted by atomic mass is 35.5. The van der Waals surface area contributed by atoms with Crippen LogP contribution in [0.4, 0.5) is 0 Å². The number of carbonyl (C=O) groups excluding carboxylic acids is 1. The zero-order valence-electron chi connectivity index (χ0n) is 18.7. The molecule has 0 saturated heterocycles. The van der Waals surface area contributed by atoms with E-state index in [1.165, 1.54) is 11.8 Å². The molecule has 0 aliphatic rings. The quantitative estimate of drug-likeness (QED) is 0.162. The van der Waals surface area contributed by atoms with Crippen LogP contribution in [-0.4, -0.2) is 32.6 Å². The number of aromatic nitrogens is 3. The Labute approximate surface area is 217 Å². The summed E-state index contributed by atoms with van der Waals surface area (Å²) >= 11 is 13.4. The molecule has 0 aliphatic heterocycles. The van der Waals surface area contributed by atoms with Gasteiger partial charge in [-0.25, -0.2) is 5.43 Å². The van der Waals surface area contributed by atoms with Gasteiger partial charge in [0.1, 0.15) is 0 Å². The average Bonchev–Trinajstić information content (AvgIpc) is 3.28. The molecular formula is C26H21Cl2N5OS. The van der Waals surface area contributed by atoms with E-state index in [-0.39, 0.29) is 11.7 Å². The summed E-state index contributed by atoms with van der Waals surface area (Å²) in [5, 5.41) is 14.6. The van der Waals surface area contributed by atoms with Crippen molar-refractivity contribution in [2.75, 3.05) is 5.75 Å². The van der Waals surface area contributed by atoms with Gasteiger partial charge in [0.2, 0.25) is 0 Å². The first-order chi connectivity index (χ1) is 17.0. The molecule has 0 aliphatic carbocycles. The summed E-state index contributed by atoms with van der Waals surface area (Å²) in [6.45, 7) is 1.92. The molecular weight excluding hydrogens is 501 g/mol. The second kappa shape index (κ2) is 11.8. The fourth-order valence-corrected chi connectivity index (χ4v) is 4.19. The molecule has 4 aromatic rings. The summed E-state index contributed by atoms with van der Waals surface area (Å²) in [5.41, 5.74) is 6.21. The standard InChI is InChI=1S/C26H21Cl2N5OS/c1-18(15-19-5-3-2-4-6-19)16-29-30-24(34)17-35-26-32-31-25(20-7-9-21(27)10-8-20)33(26)23-13-11-22(28)12-14-23/h2-16H,17H2,1H3,(H,30,34)/b18-15+,29-16+. The van der Waals surface area contributed by atoms with E-state index in [4.69, 9.17) is 23.2 Å². The number of allylic oxidation sites excluding steroid dienone is 1. The van der Waals surface area contributed by atoms with E-state index < -0.39 is 0 Å². The number of hydrogen-bond acceptors (Lipinski definition) is 5. The van der Waals surface area contributed by atoms with Crippen LogP contribution in [0.5, 0.6) is 0 Å². The third kappa shape index (κ3) is 6.82. The Morgan fingerprint density at radius 3 is 2.31 bits per heavy atom. The van der Waals surface area contributed by atoms with E-state index >= 15 is 0 Å². The monoisotopic (exact) mass is 521 g/mol. The lowest BCUT2D eigenvalue weighted by molar-refractivity contribution is -0.118. The summed E-state index contributed by atoms with van der Waals surface area (Å²) in [5.74, 6) is 0.495. The number of hydrogen-bond donors (Lipinski definition) is 1. The van der Waals surface area contributed by atoms with Crippen molar-refractivity contribution < 1.29 is 4.79 Å². The fraction of sp³-hybridized carbons (Fsp3) is 0.0769. The molecule has 0 atom stereocenters. The van der Waals surface area contributed by atoms with E-state index in [2.05, 4.69) is 20.7 Å². The van der Waals surface area contributed by atoms with Crippen LogP contribution in [0.25, 0.3) is 23.2 Å². The van der Waals surface area contributed by atoms with Crippen LogP contribution in [0.2, 0.25) is 10.0 Å². The predicted octanol–water partition coefficient (Wildman–Crippen LogP) is 6.54. The fourth-order valence-electron chi connectivity index (χ4n) is 3.19. The van der Waals surface area contributed by atoms with Crippen molar-refractivity contribution in [2.45, 2.75) is 12.1 Å². The largest absolute Gasteiger partial charge is 0.272 e. The molecule has 1 N–H and O–H groups in total. The number of amides is 1. The normalized spacial score (nSPS) is 11.7. The average molecular weight is 522 g/mol. The third-order valence-corrected chi connectivity index (χ3v) is 6.24. The maximum atomic E-state index is 12.4. The Morgan fingerprint density at radius 1 is 0.971 bits per heavy atom. The van der Waals surface area contributed by atoms with Crippen LogP contribution in [0, 0.1) is 0 Å². The molecule has 0 saturated carbocycles. The lowest BCUT2D eigenvalue weighted by Gasteiger charge is -2.10. The SMILES string of the molecule is CC(/C=N/NC(=O)CSc1nnc(-c2ccc(Cl)cc2)n1-c1ccc(Cl)cc1)=C\c1ccccc1. The number of rotatable bonds is 8. The van der Waals surface area contributed by atoms with Crippen LogP contribution in [0.15, 0.2) is 94.7 Å². The Balaban J connectivity index is 1.47. The topological polar surface area (TPSA) is 72.2 Å². The summed E-state index contributed by atoms with van der Waals surface area (Å²) < 4.78 is 1.88. The molecule has 0 bridgehead atoms. The highest BCUT2D eigenvalue weighted by Crippen LogP contribution is 2.29. The van der Waals surface area contributed by atoms with Gasteiger partial charge < -0.3 is 0 Å². The predicted molar refractivity (Wildman–Crippen MR) is 144 cm³/mol. The van der Waals surface area contributed by atoms with Crippen molar-refractivity contribution in [3.8, 4) is 17.1 Å². The van der Waals surface area contributed by atoms with Crippen molar-refractivity contribution in [1.82, 2.24) is 20.2 Å². The van der Waals surface area contributed by atoms with Crippen molar-refractivity contribution >= 4 is 53.2 Å². The summed E-state index contributed by atoms with van der Waals surface area (Å²) in [7, 11) is 0. The van der Waals surface area contributed by atoms with E-state index in [9.17, 15) is 4.79 Å². The second-order valence-corrected chi connectivity index (χ2v) is 9.32. The number of hydrazone groups is 1. The Bertz CT molecular complexity index is 1350. The van der Waals surface area contributed by atoms with Crippen LogP contribution < -0.4 is 5.43 Å². The van der Waals surface area contributed by atoms with E-state index in [1.54, 1.807) is 30.5 Å². The molecule has 6 nitrogen and oxygen atoms in total. The minimum absolute atomic E-state index is 0.116. The molecule has 35 heavy (non-hydrogen) atoms. The molecule has 0 spiro atoms. The van der Waals surface area contributed by atoms with Crippen LogP contribution in [-0.2, 0) is 4.79 Å². The highest BCUT2D eigenvalue weighted by molar-refractivity contribution is 7.99. The smallest absolute Gasteiger partial charge is 0.250 e. The molecule has 0 unspecified atom stereocenters. The Morgan fingerprint density at radius 2 is 1.63 bits per heavy atom. The van der Waals surface area contributed by atoms with Gasteiger partial charge in [0.25, 0.3) is 5.91 Å². The van der Waals surface area contributed by atoms with E-state index in [0.717, 1.165) is 22.4 Å². The van der Waals surface area contributed by atoms with Crippen molar-refractivity contribution in [3.05, 3.63) is 100 Å². The van der Waals surface area contributed by atoms with Gasteiger partial charge in [-0.1, -0.05) is 71.4 Å². The van der Waals surface area contributed by atoms with Crippen LogP contribution in [0.3, 0.4) is 0 Å². The Hall–Kier alpha value is -3.39. The van der Waals surface area contributed by atoms with Crippen LogP contribution >= 0.6 is 35.0 Å². The molecule has 176 valence electrons. The number of halogens is 2. The molecule has 1 amide bonds. The van der Waals surface area contributed by atoms with Gasteiger partial charge in [-0.05, 0) is 66.6 Å². The molecule has 4 rings (SSSR count). The zero-order valence-corrected chi connectivity index (χ0v) is 21.1. The highest BCUT2D eigenvalue weighted by Gasteiger charge is 2.17. The minimum atomic E-state index is -0.252. The van der Waals surface area contributed by atoms with E-state index in [1.807, 2.05) is 72.2 Å². The van der Waals surface area contributed by atoms with Gasteiger partial charge in [0, 0.05) is 21.3 Å². The number of nitrogens with zero attached hydrogens (tertiary/aromatic N) is 4. The Kier molecular flexibility index (Phi) is 8.36. The third-order valence-electron chi connectivity index (χ3n) is 4.80. The molecule has 0 radical (unpaired) electrons. The van der Waals surface area contributed by atoms with Gasteiger partial charge in [-0.2, -0.15) is 5.10 Å². The lowest BCUT2D eigenvalue weighted by atomic mass is 10.1. The first kappa shape index (κ1) is 24.7. The maximum absolute atomic E-state index is 12.4. The summed E-state index contributed by atoms with van der Waals surface area (Å²) in [6, 6.07) is 24.6. The molecule has 3 aromatic carbocycles. The maximum Gasteiger partial charge on any atom is 0.250 e. The van der Waals surface area contributed by atoms with Gasteiger partial charge in [0.05, 0.1) is 12.0 Å². The number of thioether (sulfide) groups is 1. The van der Waals surface area contributed by atoms with Gasteiger partial charge >= 0.3 is 0 Å². The van der Waals surface area contributed by atoms with Crippen molar-refractivity contribution in [3.63, 3.8) is 0 Å².